The first-order valence-electron chi connectivity index (χ1n) is 19.9. The van der Waals surface area contributed by atoms with Crippen molar-refractivity contribution in [2.75, 3.05) is 13.7 Å². The Hall–Kier alpha value is -4.54. The molecule has 0 bridgehead atoms. The lowest BCUT2D eigenvalue weighted by molar-refractivity contribution is -0.157. The molecule has 3 fully saturated rings. The molecule has 7 atom stereocenters. The van der Waals surface area contributed by atoms with Crippen LogP contribution in [0.25, 0.3) is 10.8 Å². The summed E-state index contributed by atoms with van der Waals surface area (Å²) < 4.78 is 70.4. The van der Waals surface area contributed by atoms with E-state index < -0.39 is 85.6 Å². The lowest BCUT2D eigenvalue weighted by Crippen LogP contribution is -2.67. The third-order valence-corrected chi connectivity index (χ3v) is 15.1. The Bertz CT molecular complexity index is 2090. The molecule has 1 aromatic carbocycles. The van der Waals surface area contributed by atoms with Gasteiger partial charge in [0.1, 0.15) is 35.0 Å². The van der Waals surface area contributed by atoms with Crippen LogP contribution in [0.15, 0.2) is 42.6 Å². The molecule has 4 amide bonds. The molecule has 2 aliphatic carbocycles. The first-order valence-corrected chi connectivity index (χ1v) is 21.4. The Balaban J connectivity index is 1.44. The number of carboxylic acid groups (broad SMARTS) is 1. The van der Waals surface area contributed by atoms with Crippen molar-refractivity contribution in [3.63, 3.8) is 0 Å². The van der Waals surface area contributed by atoms with E-state index in [-0.39, 0.29) is 37.6 Å². The number of amides is 4. The molecular weight excluding hydrogens is 777 g/mol. The van der Waals surface area contributed by atoms with Gasteiger partial charge in [-0.3, -0.25) is 24.0 Å². The molecule has 0 spiro atoms. The summed E-state index contributed by atoms with van der Waals surface area (Å²) in [6.45, 7) is 7.77. The number of hydrogen-bond acceptors (Lipinski definition) is 9. The molecule has 0 unspecified atom stereocenters. The average molecular weight is 832 g/mol. The molecule has 318 valence electrons. The van der Waals surface area contributed by atoms with Crippen LogP contribution in [0.3, 0.4) is 0 Å². The molecular formula is C41H55F2N5O9S. The van der Waals surface area contributed by atoms with E-state index in [1.54, 1.807) is 32.1 Å². The number of ether oxygens (including phenoxy) is 2. The number of halogens is 2. The van der Waals surface area contributed by atoms with Gasteiger partial charge in [0.25, 0.3) is 11.8 Å². The molecule has 58 heavy (non-hydrogen) atoms. The van der Waals surface area contributed by atoms with Gasteiger partial charge >= 0.3 is 6.09 Å². The van der Waals surface area contributed by atoms with Gasteiger partial charge in [0, 0.05) is 30.0 Å². The number of sulfonamides is 1. The molecule has 14 nitrogen and oxygen atoms in total. The van der Waals surface area contributed by atoms with Crippen molar-refractivity contribution < 1.29 is 51.0 Å². The highest BCUT2D eigenvalue weighted by molar-refractivity contribution is 7.91. The normalized spacial score (nSPS) is 29.5. The highest BCUT2D eigenvalue weighted by Crippen LogP contribution is 2.48. The molecule has 2 aromatic rings. The SMILES string of the molecule is CC[C@@H]1C[C@H](C)CC/C=C\[C@@H]2C[C@@]2(C(=O)NS(=O)(=O)C2(C)CC2)NC(=O)[C@@H]2C[C@@H](Oc3ncc(OC)c4ccccc34)CN2C(=O)[C@H]1N(C(=O)O)C(C)(C)C(C)(F)F. The highest BCUT2D eigenvalue weighted by Gasteiger charge is 2.63. The van der Waals surface area contributed by atoms with Crippen molar-refractivity contribution in [2.45, 2.75) is 133 Å². The summed E-state index contributed by atoms with van der Waals surface area (Å²) in [6.07, 6.45) is 4.90. The van der Waals surface area contributed by atoms with Gasteiger partial charge in [0.05, 0.1) is 24.6 Å². The number of benzene rings is 1. The monoisotopic (exact) mass is 831 g/mol. The van der Waals surface area contributed by atoms with Crippen LogP contribution in [-0.2, 0) is 24.4 Å². The number of nitrogens with zero attached hydrogens (tertiary/aromatic N) is 3. The predicted octanol–water partition coefficient (Wildman–Crippen LogP) is 5.65. The second-order valence-electron chi connectivity index (χ2n) is 17.4. The second-order valence-corrected chi connectivity index (χ2v) is 19.6. The standard InChI is InChI=1S/C41H55F2N5O9S/c1-8-25-19-24(2)13-9-10-14-26-21-41(26,36(51)46-58(54,55)39(5)17-18-39)45-33(49)30-20-27(57-34-29-16-12-11-15-28(29)31(56-7)22-44-34)23-47(30)35(50)32(25)48(37(52)53)38(3,4)40(6,42)43/h10-12,14-16,22,24-27,30,32H,8-9,13,17-21,23H2,1-7H3,(H,45,49)(H,46,51)(H,52,53)/b14-10-/t24-,25-,26-,27-,30+,32+,41-/m1/s1. The smallest absolute Gasteiger partial charge is 0.408 e. The lowest BCUT2D eigenvalue weighted by atomic mass is 9.81. The minimum absolute atomic E-state index is 0.0905. The van der Waals surface area contributed by atoms with E-state index in [0.29, 0.717) is 60.4 Å². The Morgan fingerprint density at radius 1 is 1.14 bits per heavy atom. The zero-order valence-electron chi connectivity index (χ0n) is 34.1. The minimum atomic E-state index is -4.09. The first-order chi connectivity index (χ1) is 27.1. The molecule has 1 aromatic heterocycles. The number of alkyl halides is 2. The number of fused-ring (bicyclic) bond motifs is 3. The number of rotatable bonds is 10. The molecule has 3 heterocycles. The zero-order chi connectivity index (χ0) is 42.6. The van der Waals surface area contributed by atoms with Gasteiger partial charge in [-0.05, 0) is 77.2 Å². The summed E-state index contributed by atoms with van der Waals surface area (Å²) in [5.74, 6) is -6.87. The summed E-state index contributed by atoms with van der Waals surface area (Å²) in [5, 5.41) is 14.8. The Morgan fingerprint density at radius 3 is 2.41 bits per heavy atom. The maximum absolute atomic E-state index is 15.4. The molecule has 2 aliphatic heterocycles. The number of carbonyl (C=O) groups excluding carboxylic acids is 3. The number of aromatic nitrogens is 1. The predicted molar refractivity (Wildman–Crippen MR) is 211 cm³/mol. The van der Waals surface area contributed by atoms with E-state index in [4.69, 9.17) is 9.47 Å². The van der Waals surface area contributed by atoms with Gasteiger partial charge in [-0.15, -0.1) is 0 Å². The molecule has 0 radical (unpaired) electrons. The van der Waals surface area contributed by atoms with Gasteiger partial charge in [-0.2, -0.15) is 0 Å². The average Bonchev–Trinajstić information content (AvgIpc) is 4.03. The first kappa shape index (κ1) is 43.0. The van der Waals surface area contributed by atoms with Gasteiger partial charge in [-0.1, -0.05) is 50.6 Å². The van der Waals surface area contributed by atoms with Crippen LogP contribution < -0.4 is 19.5 Å². The topological polar surface area (TPSA) is 185 Å². The van der Waals surface area contributed by atoms with Gasteiger partial charge < -0.3 is 24.8 Å². The van der Waals surface area contributed by atoms with Crippen molar-refractivity contribution in [1.29, 1.82) is 0 Å². The third-order valence-electron chi connectivity index (χ3n) is 12.9. The number of nitrogens with one attached hydrogen (secondary N) is 2. The van der Waals surface area contributed by atoms with E-state index in [9.17, 15) is 27.9 Å². The van der Waals surface area contributed by atoms with Crippen LogP contribution in [0.2, 0.25) is 0 Å². The maximum atomic E-state index is 15.4. The number of hydrogen-bond donors (Lipinski definition) is 3. The van der Waals surface area contributed by atoms with E-state index in [2.05, 4.69) is 15.0 Å². The molecule has 4 aliphatic rings. The molecule has 6 rings (SSSR count). The van der Waals surface area contributed by atoms with Crippen LogP contribution in [0.1, 0.15) is 92.9 Å². The summed E-state index contributed by atoms with van der Waals surface area (Å²) in [5.41, 5.74) is -4.03. The van der Waals surface area contributed by atoms with Crippen molar-refractivity contribution in [1.82, 2.24) is 24.8 Å². The van der Waals surface area contributed by atoms with Crippen molar-refractivity contribution in [3.8, 4) is 11.6 Å². The van der Waals surface area contributed by atoms with Crippen molar-refractivity contribution >= 4 is 44.6 Å². The molecule has 1 saturated heterocycles. The van der Waals surface area contributed by atoms with Crippen LogP contribution in [0, 0.1) is 17.8 Å². The van der Waals surface area contributed by atoms with E-state index in [0.717, 1.165) is 13.8 Å². The summed E-state index contributed by atoms with van der Waals surface area (Å²) in [7, 11) is -2.59. The number of carbonyl (C=O) groups is 4. The van der Waals surface area contributed by atoms with Crippen molar-refractivity contribution in [2.24, 2.45) is 17.8 Å². The van der Waals surface area contributed by atoms with Crippen LogP contribution in [0.4, 0.5) is 13.6 Å². The Kier molecular flexibility index (Phi) is 11.6. The molecule has 2 saturated carbocycles. The van der Waals surface area contributed by atoms with Crippen molar-refractivity contribution in [3.05, 3.63) is 42.6 Å². The minimum Gasteiger partial charge on any atom is -0.494 e. The number of pyridine rings is 1. The third kappa shape index (κ3) is 7.94. The fourth-order valence-electron chi connectivity index (χ4n) is 8.40. The van der Waals surface area contributed by atoms with E-state index >= 15 is 13.6 Å². The maximum Gasteiger partial charge on any atom is 0.408 e. The van der Waals surface area contributed by atoms with E-state index in [1.165, 1.54) is 18.2 Å². The highest BCUT2D eigenvalue weighted by atomic mass is 32.2. The molecule has 17 heteroatoms. The number of methoxy groups -OCH3 is 1. The summed E-state index contributed by atoms with van der Waals surface area (Å²) in [6, 6.07) is 4.16. The fourth-order valence-corrected chi connectivity index (χ4v) is 9.71. The second kappa shape index (κ2) is 15.6. The number of allylic oxidation sites excluding steroid dienone is 1. The summed E-state index contributed by atoms with van der Waals surface area (Å²) >= 11 is 0. The lowest BCUT2D eigenvalue weighted by Gasteiger charge is -2.47. The van der Waals surface area contributed by atoms with Gasteiger partial charge in [0.15, 0.2) is 0 Å². The quantitative estimate of drug-likeness (QED) is 0.253. The zero-order valence-corrected chi connectivity index (χ0v) is 34.9. The van der Waals surface area contributed by atoms with E-state index in [1.807, 2.05) is 25.1 Å². The summed E-state index contributed by atoms with van der Waals surface area (Å²) in [4.78, 5) is 63.3. The molecule has 3 N–H and O–H groups in total. The largest absolute Gasteiger partial charge is 0.494 e. The van der Waals surface area contributed by atoms with Gasteiger partial charge in [-0.25, -0.2) is 27.0 Å². The Morgan fingerprint density at radius 2 is 1.81 bits per heavy atom. The fraction of sp³-hybridized carbons (Fsp3) is 0.634. The van der Waals surface area contributed by atoms with Crippen LogP contribution >= 0.6 is 0 Å². The Labute approximate surface area is 338 Å². The van der Waals surface area contributed by atoms with Crippen LogP contribution in [-0.4, -0.2) is 106 Å². The van der Waals surface area contributed by atoms with Gasteiger partial charge in [0.2, 0.25) is 27.7 Å². The van der Waals surface area contributed by atoms with Crippen LogP contribution in [0.5, 0.6) is 11.6 Å².